The van der Waals surface area contributed by atoms with Gasteiger partial charge in [0.25, 0.3) is 5.91 Å². The molecule has 0 aliphatic rings. The second-order valence-corrected chi connectivity index (χ2v) is 4.44. The molecule has 0 saturated carbocycles. The Labute approximate surface area is 122 Å². The van der Waals surface area contributed by atoms with Gasteiger partial charge in [0.05, 0.1) is 29.8 Å². The molecule has 0 bridgehead atoms. The van der Waals surface area contributed by atoms with E-state index in [0.717, 1.165) is 6.20 Å². The highest BCUT2D eigenvalue weighted by Crippen LogP contribution is 2.24. The lowest BCUT2D eigenvalue weighted by atomic mass is 10.3. The molecule has 0 radical (unpaired) electrons. The minimum Gasteiger partial charge on any atom is -0.310 e. The van der Waals surface area contributed by atoms with Gasteiger partial charge in [-0.25, -0.2) is 4.68 Å². The van der Waals surface area contributed by atoms with Gasteiger partial charge in [0, 0.05) is 7.05 Å². The average Bonchev–Trinajstić information content (AvgIpc) is 2.78. The zero-order chi connectivity index (χ0) is 15.6. The summed E-state index contributed by atoms with van der Waals surface area (Å²) >= 11 is 5.78. The summed E-state index contributed by atoms with van der Waals surface area (Å²) in [5.74, 6) is -0.596. The molecule has 2 aromatic heterocycles. The molecule has 0 spiro atoms. The molecular formula is C11H9ClF3N5O. The first kappa shape index (κ1) is 15.2. The highest BCUT2D eigenvalue weighted by molar-refractivity contribution is 6.33. The van der Waals surface area contributed by atoms with Gasteiger partial charge < -0.3 is 4.90 Å². The van der Waals surface area contributed by atoms with Crippen molar-refractivity contribution in [2.75, 3.05) is 11.9 Å². The number of aromatic nitrogens is 4. The van der Waals surface area contributed by atoms with Crippen LogP contribution in [0.3, 0.4) is 0 Å². The quantitative estimate of drug-likeness (QED) is 0.869. The molecule has 1 amide bonds. The summed E-state index contributed by atoms with van der Waals surface area (Å²) in [7, 11) is 1.44. The number of carbonyl (C=O) groups is 1. The summed E-state index contributed by atoms with van der Waals surface area (Å²) in [6, 6.07) is 1.53. The maximum Gasteiger partial charge on any atom is 0.408 e. The molecule has 0 aliphatic carbocycles. The third kappa shape index (κ3) is 3.48. The predicted molar refractivity (Wildman–Crippen MR) is 68.1 cm³/mol. The Balaban J connectivity index is 2.25. The van der Waals surface area contributed by atoms with E-state index >= 15 is 0 Å². The average molecular weight is 320 g/mol. The van der Waals surface area contributed by atoms with Gasteiger partial charge in [0.15, 0.2) is 0 Å². The van der Waals surface area contributed by atoms with Crippen molar-refractivity contribution in [2.45, 2.75) is 12.7 Å². The van der Waals surface area contributed by atoms with Crippen molar-refractivity contribution in [3.8, 4) is 0 Å². The largest absolute Gasteiger partial charge is 0.408 e. The fourth-order valence-electron chi connectivity index (χ4n) is 1.57. The first-order valence-electron chi connectivity index (χ1n) is 5.62. The van der Waals surface area contributed by atoms with Crippen LogP contribution in [0.5, 0.6) is 0 Å². The highest BCUT2D eigenvalue weighted by atomic mass is 35.5. The van der Waals surface area contributed by atoms with Gasteiger partial charge in [-0.05, 0) is 6.07 Å². The Bertz CT molecular complexity index is 643. The van der Waals surface area contributed by atoms with E-state index in [9.17, 15) is 18.0 Å². The number of nitrogens with zero attached hydrogens (tertiary/aromatic N) is 5. The zero-order valence-electron chi connectivity index (χ0n) is 10.7. The molecule has 2 aromatic rings. The van der Waals surface area contributed by atoms with Gasteiger partial charge >= 0.3 is 6.18 Å². The van der Waals surface area contributed by atoms with E-state index in [1.165, 1.54) is 30.4 Å². The van der Waals surface area contributed by atoms with Gasteiger partial charge in [0.2, 0.25) is 0 Å². The van der Waals surface area contributed by atoms with E-state index in [4.69, 9.17) is 11.6 Å². The van der Waals surface area contributed by atoms with E-state index < -0.39 is 18.6 Å². The van der Waals surface area contributed by atoms with Crippen molar-refractivity contribution in [3.05, 3.63) is 35.4 Å². The van der Waals surface area contributed by atoms with E-state index in [1.807, 2.05) is 0 Å². The molecule has 2 heterocycles. The maximum atomic E-state index is 12.3. The number of anilines is 1. The van der Waals surface area contributed by atoms with Crippen molar-refractivity contribution in [1.29, 1.82) is 0 Å². The third-order valence-corrected chi connectivity index (χ3v) is 2.99. The topological polar surface area (TPSA) is 63.9 Å². The molecule has 0 atom stereocenters. The number of amides is 1. The number of alkyl halides is 3. The van der Waals surface area contributed by atoms with Crippen LogP contribution in [0.2, 0.25) is 5.15 Å². The molecule has 6 nitrogen and oxygen atoms in total. The number of rotatable bonds is 3. The number of halogens is 4. The normalized spacial score (nSPS) is 11.5. The molecule has 10 heteroatoms. The Morgan fingerprint density at radius 2 is 2.10 bits per heavy atom. The molecule has 112 valence electrons. The highest BCUT2D eigenvalue weighted by Gasteiger charge is 2.31. The fourth-order valence-corrected chi connectivity index (χ4v) is 1.81. The molecule has 0 saturated heterocycles. The molecule has 0 aliphatic heterocycles. The van der Waals surface area contributed by atoms with Gasteiger partial charge in [-0.15, -0.1) is 0 Å². The lowest BCUT2D eigenvalue weighted by Crippen LogP contribution is -2.26. The second-order valence-electron chi connectivity index (χ2n) is 4.09. The Morgan fingerprint density at radius 1 is 1.38 bits per heavy atom. The van der Waals surface area contributed by atoms with Crippen LogP contribution in [-0.2, 0) is 6.54 Å². The van der Waals surface area contributed by atoms with Crippen LogP contribution in [0, 0.1) is 0 Å². The number of hydrogen-bond donors (Lipinski definition) is 0. The molecule has 0 N–H and O–H groups in total. The van der Waals surface area contributed by atoms with E-state index in [-0.39, 0.29) is 10.7 Å². The summed E-state index contributed by atoms with van der Waals surface area (Å²) in [5, 5.41) is 10.3. The van der Waals surface area contributed by atoms with Crippen molar-refractivity contribution in [3.63, 3.8) is 0 Å². The van der Waals surface area contributed by atoms with Crippen LogP contribution in [0.4, 0.5) is 18.9 Å². The Morgan fingerprint density at radius 3 is 2.67 bits per heavy atom. The first-order valence-corrected chi connectivity index (χ1v) is 6.00. The van der Waals surface area contributed by atoms with E-state index in [0.29, 0.717) is 10.4 Å². The summed E-state index contributed by atoms with van der Waals surface area (Å²) < 4.78 is 37.5. The molecular weight excluding hydrogens is 311 g/mol. The van der Waals surface area contributed by atoms with Crippen LogP contribution in [0.15, 0.2) is 24.7 Å². The van der Waals surface area contributed by atoms with Crippen LogP contribution >= 0.6 is 11.6 Å². The maximum absolute atomic E-state index is 12.3. The molecule has 0 fully saturated rings. The summed E-state index contributed by atoms with van der Waals surface area (Å²) in [6.07, 6.45) is -0.752. The lowest BCUT2D eigenvalue weighted by molar-refractivity contribution is -0.142. The van der Waals surface area contributed by atoms with Crippen molar-refractivity contribution in [2.24, 2.45) is 0 Å². The SMILES string of the molecule is CN(C(=O)c1cnn(CC(F)(F)F)c1Cl)c1ccnnc1. The number of carbonyl (C=O) groups excluding carboxylic acids is 1. The molecule has 21 heavy (non-hydrogen) atoms. The zero-order valence-corrected chi connectivity index (χ0v) is 11.4. The molecule has 0 unspecified atom stereocenters. The van der Waals surface area contributed by atoms with E-state index in [1.54, 1.807) is 0 Å². The van der Waals surface area contributed by atoms with Gasteiger partial charge in [0.1, 0.15) is 11.7 Å². The van der Waals surface area contributed by atoms with Gasteiger partial charge in [-0.2, -0.15) is 28.5 Å². The number of hydrogen-bond acceptors (Lipinski definition) is 4. The standard InChI is InChI=1S/C11H9ClF3N5O/c1-19(7-2-3-16-17-4-7)10(21)8-5-18-20(9(8)12)6-11(13,14)15/h2-5H,6H2,1H3. The lowest BCUT2D eigenvalue weighted by Gasteiger charge is -2.15. The van der Waals surface area contributed by atoms with Crippen molar-refractivity contribution < 1.29 is 18.0 Å². The fraction of sp³-hybridized carbons (Fsp3) is 0.273. The van der Waals surface area contributed by atoms with Crippen LogP contribution in [-0.4, -0.2) is 39.1 Å². The molecule has 0 aromatic carbocycles. The minimum atomic E-state index is -4.48. The van der Waals surface area contributed by atoms with Crippen molar-refractivity contribution >= 4 is 23.2 Å². The summed E-state index contributed by atoms with van der Waals surface area (Å²) in [4.78, 5) is 13.4. The van der Waals surface area contributed by atoms with Crippen LogP contribution < -0.4 is 4.90 Å². The summed E-state index contributed by atoms with van der Waals surface area (Å²) in [6.45, 7) is -1.36. The molecule has 2 rings (SSSR count). The van der Waals surface area contributed by atoms with Crippen molar-refractivity contribution in [1.82, 2.24) is 20.0 Å². The Hall–Kier alpha value is -2.16. The Kier molecular flexibility index (Phi) is 4.12. The van der Waals surface area contributed by atoms with Gasteiger partial charge in [-0.1, -0.05) is 11.6 Å². The van der Waals surface area contributed by atoms with E-state index in [2.05, 4.69) is 15.3 Å². The van der Waals surface area contributed by atoms with Crippen LogP contribution in [0.25, 0.3) is 0 Å². The third-order valence-electron chi connectivity index (χ3n) is 2.60. The smallest absolute Gasteiger partial charge is 0.310 e. The second kappa shape index (κ2) is 5.68. The summed E-state index contributed by atoms with van der Waals surface area (Å²) in [5.41, 5.74) is 0.301. The monoisotopic (exact) mass is 319 g/mol. The van der Waals surface area contributed by atoms with Gasteiger partial charge in [-0.3, -0.25) is 4.79 Å². The first-order chi connectivity index (χ1) is 9.79. The van der Waals surface area contributed by atoms with Crippen LogP contribution in [0.1, 0.15) is 10.4 Å². The predicted octanol–water partition coefficient (Wildman–Crippen LogP) is 2.17. The minimum absolute atomic E-state index is 0.125.